The summed E-state index contributed by atoms with van der Waals surface area (Å²) in [5.74, 6) is 6.38. The summed E-state index contributed by atoms with van der Waals surface area (Å²) in [6, 6.07) is 4.02. The highest BCUT2D eigenvalue weighted by atomic mass is 32.2. The summed E-state index contributed by atoms with van der Waals surface area (Å²) in [5, 5.41) is 9.41. The minimum Gasteiger partial charge on any atom is -0.384 e. The molecule has 0 fully saturated rings. The van der Waals surface area contributed by atoms with E-state index in [0.29, 0.717) is 0 Å². The third-order valence-corrected chi connectivity index (χ3v) is 4.16. The van der Waals surface area contributed by atoms with E-state index in [1.54, 1.807) is 23.1 Å². The Balaban J connectivity index is 1.94. The molecule has 0 aliphatic rings. The van der Waals surface area contributed by atoms with Crippen molar-refractivity contribution in [2.24, 2.45) is 0 Å². The molecule has 0 aliphatic heterocycles. The maximum Gasteiger partial charge on any atom is 0.187 e. The highest BCUT2D eigenvalue weighted by molar-refractivity contribution is 7.98. The fourth-order valence-electron chi connectivity index (χ4n) is 1.24. The van der Waals surface area contributed by atoms with E-state index in [1.807, 2.05) is 31.5 Å². The molecule has 1 N–H and O–H groups in total. The lowest BCUT2D eigenvalue weighted by atomic mass is 10.4. The van der Waals surface area contributed by atoms with Crippen LogP contribution in [-0.4, -0.2) is 21.7 Å². The summed E-state index contributed by atoms with van der Waals surface area (Å²) in [6.07, 6.45) is 3.64. The SMILES string of the molecule is Cc1cnc(SCc2ccc(C#CCO)s2)nc1. The molecule has 2 aromatic heterocycles. The first kappa shape index (κ1) is 13.1. The molecule has 0 atom stereocenters. The summed E-state index contributed by atoms with van der Waals surface area (Å²) >= 11 is 3.24. The number of hydrogen-bond donors (Lipinski definition) is 1. The number of aromatic nitrogens is 2. The van der Waals surface area contributed by atoms with Crippen LogP contribution in [0, 0.1) is 18.8 Å². The Hall–Kier alpha value is -1.35. The van der Waals surface area contributed by atoms with E-state index in [4.69, 9.17) is 5.11 Å². The van der Waals surface area contributed by atoms with Gasteiger partial charge in [-0.1, -0.05) is 23.6 Å². The topological polar surface area (TPSA) is 46.0 Å². The molecule has 0 aliphatic carbocycles. The fraction of sp³-hybridized carbons (Fsp3) is 0.231. The quantitative estimate of drug-likeness (QED) is 0.531. The first-order chi connectivity index (χ1) is 8.78. The van der Waals surface area contributed by atoms with Crippen LogP contribution in [0.5, 0.6) is 0 Å². The maximum atomic E-state index is 8.62. The Kier molecular flexibility index (Phi) is 4.76. The normalized spacial score (nSPS) is 9.89. The standard InChI is InChI=1S/C13H12N2OS2/c1-10-7-14-13(15-8-10)17-9-12-5-4-11(18-12)3-2-6-16/h4-5,7-8,16H,6,9H2,1H3. The van der Waals surface area contributed by atoms with Gasteiger partial charge in [0.05, 0.1) is 4.88 Å². The zero-order valence-electron chi connectivity index (χ0n) is 9.88. The summed E-state index contributed by atoms with van der Waals surface area (Å²) in [4.78, 5) is 10.7. The highest BCUT2D eigenvalue weighted by Gasteiger charge is 2.01. The second-order valence-electron chi connectivity index (χ2n) is 3.56. The van der Waals surface area contributed by atoms with Crippen molar-refractivity contribution in [1.29, 1.82) is 0 Å². The van der Waals surface area contributed by atoms with Crippen molar-refractivity contribution in [3.8, 4) is 11.8 Å². The van der Waals surface area contributed by atoms with Gasteiger partial charge in [-0.3, -0.25) is 0 Å². The van der Waals surface area contributed by atoms with Crippen LogP contribution in [-0.2, 0) is 5.75 Å². The van der Waals surface area contributed by atoms with Crippen LogP contribution in [0.1, 0.15) is 15.3 Å². The lowest BCUT2D eigenvalue weighted by molar-refractivity contribution is 0.350. The first-order valence-corrected chi connectivity index (χ1v) is 7.18. The molecule has 0 unspecified atom stereocenters. The third-order valence-electron chi connectivity index (χ3n) is 2.05. The molecular weight excluding hydrogens is 264 g/mol. The monoisotopic (exact) mass is 276 g/mol. The molecule has 92 valence electrons. The third kappa shape index (κ3) is 3.84. The Labute approximate surface area is 114 Å². The Morgan fingerprint density at radius 2 is 2.11 bits per heavy atom. The van der Waals surface area contributed by atoms with Crippen molar-refractivity contribution in [2.45, 2.75) is 17.8 Å². The van der Waals surface area contributed by atoms with E-state index in [-0.39, 0.29) is 6.61 Å². The molecule has 3 nitrogen and oxygen atoms in total. The number of thioether (sulfide) groups is 1. The molecule has 0 spiro atoms. The summed E-state index contributed by atoms with van der Waals surface area (Å²) in [7, 11) is 0. The van der Waals surface area contributed by atoms with E-state index >= 15 is 0 Å². The molecule has 18 heavy (non-hydrogen) atoms. The Morgan fingerprint density at radius 3 is 2.83 bits per heavy atom. The molecule has 0 saturated heterocycles. The summed E-state index contributed by atoms with van der Waals surface area (Å²) in [6.45, 7) is 1.87. The van der Waals surface area contributed by atoms with E-state index in [1.165, 1.54) is 4.88 Å². The van der Waals surface area contributed by atoms with Crippen molar-refractivity contribution in [1.82, 2.24) is 9.97 Å². The minimum atomic E-state index is -0.0980. The molecule has 2 aromatic rings. The van der Waals surface area contributed by atoms with Crippen LogP contribution in [0.15, 0.2) is 29.7 Å². The van der Waals surface area contributed by atoms with Crippen LogP contribution >= 0.6 is 23.1 Å². The van der Waals surface area contributed by atoms with Crippen LogP contribution in [0.25, 0.3) is 0 Å². The van der Waals surface area contributed by atoms with Crippen molar-refractivity contribution in [3.05, 3.63) is 39.8 Å². The van der Waals surface area contributed by atoms with Crippen LogP contribution in [0.4, 0.5) is 0 Å². The summed E-state index contributed by atoms with van der Waals surface area (Å²) < 4.78 is 0. The highest BCUT2D eigenvalue weighted by Crippen LogP contribution is 2.24. The molecule has 5 heteroatoms. The minimum absolute atomic E-state index is 0.0980. The van der Waals surface area contributed by atoms with Gasteiger partial charge in [-0.25, -0.2) is 9.97 Å². The van der Waals surface area contributed by atoms with Crippen molar-refractivity contribution < 1.29 is 5.11 Å². The first-order valence-electron chi connectivity index (χ1n) is 5.38. The van der Waals surface area contributed by atoms with Gasteiger partial charge in [0.2, 0.25) is 0 Å². The largest absolute Gasteiger partial charge is 0.384 e. The van der Waals surface area contributed by atoms with Gasteiger partial charge in [-0.05, 0) is 24.6 Å². The van der Waals surface area contributed by atoms with Crippen LogP contribution in [0.2, 0.25) is 0 Å². The number of hydrogen-bond acceptors (Lipinski definition) is 5. The van der Waals surface area contributed by atoms with Crippen molar-refractivity contribution in [2.75, 3.05) is 6.61 Å². The molecule has 0 amide bonds. The Morgan fingerprint density at radius 1 is 1.33 bits per heavy atom. The molecule has 0 aromatic carbocycles. The molecular formula is C13H12N2OS2. The average molecular weight is 276 g/mol. The average Bonchev–Trinajstić information content (AvgIpc) is 2.84. The smallest absolute Gasteiger partial charge is 0.187 e. The second kappa shape index (κ2) is 6.55. The van der Waals surface area contributed by atoms with Gasteiger partial charge in [0, 0.05) is 23.0 Å². The predicted molar refractivity (Wildman–Crippen MR) is 74.6 cm³/mol. The van der Waals surface area contributed by atoms with Crippen LogP contribution in [0.3, 0.4) is 0 Å². The number of thiophene rings is 1. The molecule has 0 radical (unpaired) electrons. The van der Waals surface area contributed by atoms with Crippen molar-refractivity contribution >= 4 is 23.1 Å². The zero-order chi connectivity index (χ0) is 12.8. The number of nitrogens with zero attached hydrogens (tertiary/aromatic N) is 2. The van der Waals surface area contributed by atoms with Gasteiger partial charge in [0.25, 0.3) is 0 Å². The van der Waals surface area contributed by atoms with Gasteiger partial charge in [-0.2, -0.15) is 0 Å². The van der Waals surface area contributed by atoms with E-state index in [9.17, 15) is 0 Å². The Bertz CT molecular complexity index is 567. The van der Waals surface area contributed by atoms with E-state index < -0.39 is 0 Å². The van der Waals surface area contributed by atoms with Gasteiger partial charge in [-0.15, -0.1) is 11.3 Å². The maximum absolute atomic E-state index is 8.62. The predicted octanol–water partition coefficient (Wildman–Crippen LogP) is 2.48. The van der Waals surface area contributed by atoms with Gasteiger partial charge in [0.1, 0.15) is 6.61 Å². The van der Waals surface area contributed by atoms with E-state index in [2.05, 4.69) is 21.8 Å². The number of aliphatic hydroxyl groups is 1. The van der Waals surface area contributed by atoms with Gasteiger partial charge >= 0.3 is 0 Å². The molecule has 0 saturated carbocycles. The molecule has 2 rings (SSSR count). The van der Waals surface area contributed by atoms with Gasteiger partial charge < -0.3 is 5.11 Å². The van der Waals surface area contributed by atoms with Crippen LogP contribution < -0.4 is 0 Å². The number of rotatable bonds is 3. The van der Waals surface area contributed by atoms with Crippen molar-refractivity contribution in [3.63, 3.8) is 0 Å². The lowest BCUT2D eigenvalue weighted by Gasteiger charge is -1.97. The number of aliphatic hydroxyl groups excluding tert-OH is 1. The fourth-order valence-corrected chi connectivity index (χ4v) is 2.95. The van der Waals surface area contributed by atoms with E-state index in [0.717, 1.165) is 21.3 Å². The second-order valence-corrected chi connectivity index (χ2v) is 5.67. The van der Waals surface area contributed by atoms with Gasteiger partial charge in [0.15, 0.2) is 5.16 Å². The number of aryl methyl sites for hydroxylation is 1. The summed E-state index contributed by atoms with van der Waals surface area (Å²) in [5.41, 5.74) is 1.07. The molecule has 0 bridgehead atoms. The lowest BCUT2D eigenvalue weighted by Crippen LogP contribution is -1.86. The zero-order valence-corrected chi connectivity index (χ0v) is 11.5. The molecule has 2 heterocycles.